The number of fused-ring (bicyclic) bond motifs is 1. The lowest BCUT2D eigenvalue weighted by Crippen LogP contribution is -2.23. The second-order valence-corrected chi connectivity index (χ2v) is 4.62. The highest BCUT2D eigenvalue weighted by Crippen LogP contribution is 2.20. The van der Waals surface area contributed by atoms with Crippen molar-refractivity contribution in [2.45, 2.75) is 6.54 Å². The van der Waals surface area contributed by atoms with E-state index in [9.17, 15) is 4.79 Å². The van der Waals surface area contributed by atoms with Crippen molar-refractivity contribution in [2.75, 3.05) is 0 Å². The van der Waals surface area contributed by atoms with Crippen LogP contribution in [0.3, 0.4) is 0 Å². The molecule has 5 nitrogen and oxygen atoms in total. The van der Waals surface area contributed by atoms with E-state index in [2.05, 4.69) is 5.32 Å². The minimum Gasteiger partial charge on any atom is -0.467 e. The largest absolute Gasteiger partial charge is 0.467 e. The third-order valence-electron chi connectivity index (χ3n) is 3.10. The fourth-order valence-corrected chi connectivity index (χ4v) is 2.04. The number of nitrogens with zero attached hydrogens (tertiary/aromatic N) is 1. The lowest BCUT2D eigenvalue weighted by molar-refractivity contribution is -0.117. The summed E-state index contributed by atoms with van der Waals surface area (Å²) in [6, 6.07) is 14.6. The molecule has 1 N–H and O–H groups in total. The van der Waals surface area contributed by atoms with E-state index >= 15 is 0 Å². The monoisotopic (exact) mass is 292 g/mol. The molecule has 0 atom stereocenters. The molecule has 3 rings (SSSR count). The number of rotatable bonds is 4. The number of furan rings is 2. The van der Waals surface area contributed by atoms with Gasteiger partial charge < -0.3 is 14.2 Å². The summed E-state index contributed by atoms with van der Waals surface area (Å²) >= 11 is 0. The third kappa shape index (κ3) is 2.91. The Morgan fingerprint density at radius 2 is 2.14 bits per heavy atom. The molecule has 1 amide bonds. The van der Waals surface area contributed by atoms with Crippen molar-refractivity contribution in [3.8, 4) is 6.07 Å². The second kappa shape index (κ2) is 6.02. The first-order valence-electron chi connectivity index (χ1n) is 6.67. The van der Waals surface area contributed by atoms with Crippen LogP contribution in [0.1, 0.15) is 11.5 Å². The van der Waals surface area contributed by atoms with Gasteiger partial charge in [0.2, 0.25) is 0 Å². The van der Waals surface area contributed by atoms with Gasteiger partial charge in [0.05, 0.1) is 12.8 Å². The molecule has 0 aliphatic carbocycles. The lowest BCUT2D eigenvalue weighted by Gasteiger charge is -2.01. The van der Waals surface area contributed by atoms with Crippen molar-refractivity contribution in [3.63, 3.8) is 0 Å². The zero-order chi connectivity index (χ0) is 15.4. The number of benzene rings is 1. The molecular weight excluding hydrogens is 280 g/mol. The van der Waals surface area contributed by atoms with Gasteiger partial charge in [-0.25, -0.2) is 0 Å². The summed E-state index contributed by atoms with van der Waals surface area (Å²) < 4.78 is 10.7. The average Bonchev–Trinajstić information content (AvgIpc) is 3.18. The highest BCUT2D eigenvalue weighted by molar-refractivity contribution is 6.01. The standard InChI is InChI=1S/C17H12N2O3/c18-10-13(17(20)19-11-14-5-3-7-21-14)9-15-8-12-4-1-2-6-16(12)22-15/h1-9H,11H2,(H,19,20)/b13-9-. The van der Waals surface area contributed by atoms with E-state index < -0.39 is 5.91 Å². The van der Waals surface area contributed by atoms with E-state index in [0.717, 1.165) is 5.39 Å². The van der Waals surface area contributed by atoms with Crippen LogP contribution in [0.5, 0.6) is 0 Å². The second-order valence-electron chi connectivity index (χ2n) is 4.62. The lowest BCUT2D eigenvalue weighted by atomic mass is 10.2. The van der Waals surface area contributed by atoms with Crippen molar-refractivity contribution in [2.24, 2.45) is 0 Å². The molecule has 0 saturated heterocycles. The zero-order valence-corrected chi connectivity index (χ0v) is 11.6. The smallest absolute Gasteiger partial charge is 0.262 e. The Morgan fingerprint density at radius 3 is 2.86 bits per heavy atom. The molecule has 22 heavy (non-hydrogen) atoms. The molecule has 0 unspecified atom stereocenters. The molecule has 0 spiro atoms. The summed E-state index contributed by atoms with van der Waals surface area (Å²) in [6.45, 7) is 0.227. The average molecular weight is 292 g/mol. The first kappa shape index (κ1) is 13.7. The minimum atomic E-state index is -0.473. The number of carbonyl (C=O) groups excluding carboxylic acids is 1. The molecule has 0 saturated carbocycles. The van der Waals surface area contributed by atoms with Gasteiger partial charge in [0.25, 0.3) is 5.91 Å². The summed E-state index contributed by atoms with van der Waals surface area (Å²) in [6.07, 6.45) is 2.95. The first-order chi connectivity index (χ1) is 10.8. The maximum absolute atomic E-state index is 12.0. The molecule has 1 aromatic carbocycles. The number of carbonyl (C=O) groups is 1. The van der Waals surface area contributed by atoms with Crippen LogP contribution in [0, 0.1) is 11.3 Å². The van der Waals surface area contributed by atoms with Gasteiger partial charge in [-0.3, -0.25) is 4.79 Å². The van der Waals surface area contributed by atoms with E-state index in [1.165, 1.54) is 12.3 Å². The fourth-order valence-electron chi connectivity index (χ4n) is 2.04. The van der Waals surface area contributed by atoms with E-state index in [-0.39, 0.29) is 12.1 Å². The fraction of sp³-hybridized carbons (Fsp3) is 0.0588. The Labute approximate surface area is 126 Å². The van der Waals surface area contributed by atoms with Crippen molar-refractivity contribution in [1.29, 1.82) is 5.26 Å². The normalized spacial score (nSPS) is 11.3. The van der Waals surface area contributed by atoms with E-state index in [4.69, 9.17) is 14.1 Å². The summed E-state index contributed by atoms with van der Waals surface area (Å²) in [5, 5.41) is 12.7. The van der Waals surface area contributed by atoms with Crippen LogP contribution >= 0.6 is 0 Å². The molecular formula is C17H12N2O3. The Kier molecular flexibility index (Phi) is 3.75. The van der Waals surface area contributed by atoms with Crippen LogP contribution in [0.2, 0.25) is 0 Å². The molecule has 108 valence electrons. The molecule has 0 aliphatic heterocycles. The maximum Gasteiger partial charge on any atom is 0.262 e. The van der Waals surface area contributed by atoms with Crippen molar-refractivity contribution < 1.29 is 13.6 Å². The van der Waals surface area contributed by atoms with Crippen molar-refractivity contribution >= 4 is 23.0 Å². The number of amides is 1. The Morgan fingerprint density at radius 1 is 1.27 bits per heavy atom. The predicted molar refractivity (Wildman–Crippen MR) is 80.4 cm³/mol. The van der Waals surface area contributed by atoms with Gasteiger partial charge in [0.15, 0.2) is 0 Å². The predicted octanol–water partition coefficient (Wildman–Crippen LogP) is 3.25. The summed E-state index contributed by atoms with van der Waals surface area (Å²) in [5.74, 6) is 0.611. The van der Waals surface area contributed by atoms with Crippen LogP contribution in [0.4, 0.5) is 0 Å². The number of nitrogens with one attached hydrogen (secondary N) is 1. The summed E-state index contributed by atoms with van der Waals surface area (Å²) in [4.78, 5) is 12.0. The molecule has 0 aliphatic rings. The number of nitriles is 1. The van der Waals surface area contributed by atoms with E-state index in [0.29, 0.717) is 17.1 Å². The highest BCUT2D eigenvalue weighted by atomic mass is 16.3. The summed E-state index contributed by atoms with van der Waals surface area (Å²) in [7, 11) is 0. The topological polar surface area (TPSA) is 79.2 Å². The minimum absolute atomic E-state index is 0.0226. The van der Waals surface area contributed by atoms with Crippen molar-refractivity contribution in [1.82, 2.24) is 5.32 Å². The molecule has 0 fully saturated rings. The van der Waals surface area contributed by atoms with Gasteiger partial charge >= 0.3 is 0 Å². The van der Waals surface area contributed by atoms with Crippen LogP contribution in [0.25, 0.3) is 17.0 Å². The van der Waals surface area contributed by atoms with Gasteiger partial charge in [0, 0.05) is 11.5 Å². The number of hydrogen-bond acceptors (Lipinski definition) is 4. The molecule has 3 aromatic rings. The van der Waals surface area contributed by atoms with Crippen LogP contribution in [0.15, 0.2) is 63.1 Å². The Bertz CT molecular complexity index is 834. The maximum atomic E-state index is 12.0. The molecule has 2 aromatic heterocycles. The van der Waals surface area contributed by atoms with Gasteiger partial charge in [-0.15, -0.1) is 0 Å². The molecule has 5 heteroatoms. The highest BCUT2D eigenvalue weighted by Gasteiger charge is 2.11. The number of para-hydroxylation sites is 1. The summed E-state index contributed by atoms with van der Waals surface area (Å²) in [5.41, 5.74) is 0.688. The van der Waals surface area contributed by atoms with Crippen LogP contribution in [-0.4, -0.2) is 5.91 Å². The molecule has 2 heterocycles. The SMILES string of the molecule is N#C/C(=C/c1cc2ccccc2o1)C(=O)NCc1ccco1. The molecule has 0 radical (unpaired) electrons. The van der Waals surface area contributed by atoms with Crippen LogP contribution in [-0.2, 0) is 11.3 Å². The molecule has 0 bridgehead atoms. The van der Waals surface area contributed by atoms with Gasteiger partial charge in [-0.05, 0) is 24.3 Å². The third-order valence-corrected chi connectivity index (χ3v) is 3.10. The first-order valence-corrected chi connectivity index (χ1v) is 6.67. The number of hydrogen-bond donors (Lipinski definition) is 1. The van der Waals surface area contributed by atoms with Crippen LogP contribution < -0.4 is 5.32 Å². The van der Waals surface area contributed by atoms with Gasteiger partial charge in [0.1, 0.15) is 28.7 Å². The van der Waals surface area contributed by atoms with E-state index in [1.807, 2.05) is 30.3 Å². The Balaban J connectivity index is 1.77. The van der Waals surface area contributed by atoms with Gasteiger partial charge in [-0.2, -0.15) is 5.26 Å². The van der Waals surface area contributed by atoms with Gasteiger partial charge in [-0.1, -0.05) is 18.2 Å². The Hall–Kier alpha value is -3.26. The van der Waals surface area contributed by atoms with E-state index in [1.54, 1.807) is 18.2 Å². The quantitative estimate of drug-likeness (QED) is 0.591. The van der Waals surface area contributed by atoms with Crippen molar-refractivity contribution in [3.05, 3.63) is 65.8 Å². The zero-order valence-electron chi connectivity index (χ0n) is 11.6.